The molecule has 2 aliphatic rings. The first-order valence-electron chi connectivity index (χ1n) is 8.08. The highest BCUT2D eigenvalue weighted by molar-refractivity contribution is 6.31. The van der Waals surface area contributed by atoms with Crippen molar-refractivity contribution in [2.75, 3.05) is 19.8 Å². The van der Waals surface area contributed by atoms with Crippen LogP contribution in [0.25, 0.3) is 0 Å². The first kappa shape index (κ1) is 16.5. The average Bonchev–Trinajstić information content (AvgIpc) is 3.03. The third-order valence-electron chi connectivity index (χ3n) is 4.89. The van der Waals surface area contributed by atoms with Gasteiger partial charge in [0.1, 0.15) is 0 Å². The maximum absolute atomic E-state index is 13.1. The molecule has 0 spiro atoms. The summed E-state index contributed by atoms with van der Waals surface area (Å²) in [6.45, 7) is 1.23. The van der Waals surface area contributed by atoms with E-state index in [9.17, 15) is 9.90 Å². The van der Waals surface area contributed by atoms with E-state index in [1.807, 2.05) is 36.4 Å². The van der Waals surface area contributed by atoms with Crippen LogP contribution in [-0.2, 0) is 14.9 Å². The topological polar surface area (TPSA) is 58.6 Å². The molecule has 4 nitrogen and oxygen atoms in total. The summed E-state index contributed by atoms with van der Waals surface area (Å²) >= 11 is 6.39. The highest BCUT2D eigenvalue weighted by atomic mass is 35.5. The molecule has 2 atom stereocenters. The Morgan fingerprint density at radius 2 is 2.04 bits per heavy atom. The van der Waals surface area contributed by atoms with Crippen molar-refractivity contribution in [2.45, 2.75) is 30.7 Å². The maximum Gasteiger partial charge on any atom is 0.231 e. The van der Waals surface area contributed by atoms with Crippen LogP contribution in [0.4, 0.5) is 0 Å². The number of aliphatic hydroxyl groups excluding tert-OH is 1. The van der Waals surface area contributed by atoms with Gasteiger partial charge in [-0.25, -0.2) is 0 Å². The van der Waals surface area contributed by atoms with Crippen LogP contribution in [0, 0.1) is 5.92 Å². The van der Waals surface area contributed by atoms with Gasteiger partial charge < -0.3 is 15.2 Å². The average molecular weight is 336 g/mol. The van der Waals surface area contributed by atoms with Crippen LogP contribution < -0.4 is 5.32 Å². The Kier molecular flexibility index (Phi) is 5.05. The number of benzene rings is 1. The molecule has 1 fully saturated rings. The first-order chi connectivity index (χ1) is 11.2. The van der Waals surface area contributed by atoms with Crippen LogP contribution in [0.2, 0.25) is 5.02 Å². The zero-order valence-electron chi connectivity index (χ0n) is 13.0. The molecule has 3 rings (SSSR count). The van der Waals surface area contributed by atoms with Crippen molar-refractivity contribution < 1.29 is 14.6 Å². The quantitative estimate of drug-likeness (QED) is 0.831. The summed E-state index contributed by atoms with van der Waals surface area (Å²) in [5, 5.41) is 13.0. The third kappa shape index (κ3) is 3.30. The number of nitrogens with one attached hydrogen (secondary N) is 1. The van der Waals surface area contributed by atoms with E-state index in [4.69, 9.17) is 16.3 Å². The lowest BCUT2D eigenvalue weighted by molar-refractivity contribution is -0.131. The van der Waals surface area contributed by atoms with E-state index in [2.05, 4.69) is 5.32 Å². The second-order valence-corrected chi connectivity index (χ2v) is 6.72. The van der Waals surface area contributed by atoms with Gasteiger partial charge in [-0.05, 0) is 30.9 Å². The van der Waals surface area contributed by atoms with Gasteiger partial charge in [-0.1, -0.05) is 42.0 Å². The van der Waals surface area contributed by atoms with Crippen molar-refractivity contribution in [3.05, 3.63) is 47.0 Å². The van der Waals surface area contributed by atoms with E-state index in [1.54, 1.807) is 0 Å². The fraction of sp³-hybridized carbons (Fsp3) is 0.500. The molecule has 0 unspecified atom stereocenters. The van der Waals surface area contributed by atoms with Crippen LogP contribution in [0.5, 0.6) is 0 Å². The number of halogens is 1. The molecule has 1 aliphatic heterocycles. The predicted octanol–water partition coefficient (Wildman–Crippen LogP) is 2.44. The molecule has 2 N–H and O–H groups in total. The molecule has 23 heavy (non-hydrogen) atoms. The Morgan fingerprint density at radius 1 is 1.30 bits per heavy atom. The highest BCUT2D eigenvalue weighted by Crippen LogP contribution is 2.39. The Hall–Kier alpha value is -1.36. The van der Waals surface area contributed by atoms with Gasteiger partial charge in [0, 0.05) is 36.8 Å². The number of hydrogen-bond donors (Lipinski definition) is 2. The van der Waals surface area contributed by atoms with Gasteiger partial charge in [0.05, 0.1) is 5.41 Å². The van der Waals surface area contributed by atoms with E-state index in [1.165, 1.54) is 0 Å². The molecule has 1 amide bonds. The van der Waals surface area contributed by atoms with Crippen molar-refractivity contribution in [2.24, 2.45) is 5.92 Å². The Labute approximate surface area is 141 Å². The summed E-state index contributed by atoms with van der Waals surface area (Å²) in [4.78, 5) is 13.1. The normalized spacial score (nSPS) is 26.2. The Morgan fingerprint density at radius 3 is 2.70 bits per heavy atom. The fourth-order valence-corrected chi connectivity index (χ4v) is 3.83. The molecule has 0 radical (unpaired) electrons. The summed E-state index contributed by atoms with van der Waals surface area (Å²) in [7, 11) is 0. The number of ether oxygens (including phenoxy) is 1. The molecule has 1 saturated heterocycles. The van der Waals surface area contributed by atoms with Gasteiger partial charge in [-0.15, -0.1) is 0 Å². The third-order valence-corrected chi connectivity index (χ3v) is 5.22. The molecule has 0 bridgehead atoms. The number of hydrogen-bond acceptors (Lipinski definition) is 3. The van der Waals surface area contributed by atoms with E-state index >= 15 is 0 Å². The Balaban J connectivity index is 1.83. The number of rotatable bonds is 4. The number of carbonyl (C=O) groups excluding carboxylic acids is 1. The van der Waals surface area contributed by atoms with Gasteiger partial charge in [-0.2, -0.15) is 0 Å². The van der Waals surface area contributed by atoms with Crippen molar-refractivity contribution in [3.63, 3.8) is 0 Å². The second kappa shape index (κ2) is 7.04. The number of carbonyl (C=O) groups is 1. The van der Waals surface area contributed by atoms with Crippen molar-refractivity contribution in [3.8, 4) is 0 Å². The predicted molar refractivity (Wildman–Crippen MR) is 89.4 cm³/mol. The van der Waals surface area contributed by atoms with E-state index < -0.39 is 5.41 Å². The molecule has 1 aromatic rings. The van der Waals surface area contributed by atoms with Crippen LogP contribution in [-0.4, -0.2) is 36.9 Å². The maximum atomic E-state index is 13.1. The molecule has 124 valence electrons. The molecular formula is C18H22ClNO3. The van der Waals surface area contributed by atoms with Crippen molar-refractivity contribution in [1.82, 2.24) is 5.32 Å². The minimum absolute atomic E-state index is 0.00198. The minimum Gasteiger partial charge on any atom is -0.396 e. The second-order valence-electron chi connectivity index (χ2n) is 6.32. The molecule has 1 aliphatic carbocycles. The van der Waals surface area contributed by atoms with Crippen LogP contribution in [0.1, 0.15) is 24.8 Å². The molecule has 0 aromatic heterocycles. The van der Waals surface area contributed by atoms with Crippen molar-refractivity contribution in [1.29, 1.82) is 0 Å². The van der Waals surface area contributed by atoms with E-state index in [0.29, 0.717) is 31.1 Å². The fourth-order valence-electron chi connectivity index (χ4n) is 3.51. The summed E-state index contributed by atoms with van der Waals surface area (Å²) in [6, 6.07) is 7.54. The standard InChI is InChI=1S/C18H22ClNO3/c19-16-4-2-1-3-15(16)18(7-9-23-10-8-18)17(22)20-14-6-5-13(11-14)12-21/h1-6,13-14,21H,7-12H2,(H,20,22)/t13-,14+/m0/s1. The van der Waals surface area contributed by atoms with E-state index in [0.717, 1.165) is 12.0 Å². The Bertz CT molecular complexity index is 596. The van der Waals surface area contributed by atoms with E-state index in [-0.39, 0.29) is 24.5 Å². The van der Waals surface area contributed by atoms with Gasteiger partial charge >= 0.3 is 0 Å². The number of amides is 1. The van der Waals surface area contributed by atoms with Crippen molar-refractivity contribution >= 4 is 17.5 Å². The molecular weight excluding hydrogens is 314 g/mol. The van der Waals surface area contributed by atoms with Crippen LogP contribution >= 0.6 is 11.6 Å². The summed E-state index contributed by atoms with van der Waals surface area (Å²) in [6.07, 6.45) is 5.94. The summed E-state index contributed by atoms with van der Waals surface area (Å²) in [5.74, 6) is 0.133. The van der Waals surface area contributed by atoms with Gasteiger partial charge in [0.15, 0.2) is 0 Å². The smallest absolute Gasteiger partial charge is 0.231 e. The first-order valence-corrected chi connectivity index (χ1v) is 8.46. The van der Waals surface area contributed by atoms with Gasteiger partial charge in [0.25, 0.3) is 0 Å². The van der Waals surface area contributed by atoms with Gasteiger partial charge in [-0.3, -0.25) is 4.79 Å². The summed E-state index contributed by atoms with van der Waals surface area (Å²) in [5.41, 5.74) is 0.241. The lowest BCUT2D eigenvalue weighted by atomic mass is 9.73. The molecule has 0 saturated carbocycles. The monoisotopic (exact) mass is 335 g/mol. The van der Waals surface area contributed by atoms with Crippen LogP contribution in [0.3, 0.4) is 0 Å². The van der Waals surface area contributed by atoms with Crippen LogP contribution in [0.15, 0.2) is 36.4 Å². The largest absolute Gasteiger partial charge is 0.396 e. The molecule has 1 heterocycles. The lowest BCUT2D eigenvalue weighted by Crippen LogP contribution is -2.50. The molecule has 5 heteroatoms. The highest BCUT2D eigenvalue weighted by Gasteiger charge is 2.43. The zero-order chi connectivity index (χ0) is 16.3. The SMILES string of the molecule is O=C(N[C@@H]1C=C[C@H](CO)C1)C1(c2ccccc2Cl)CCOCC1. The number of aliphatic hydroxyl groups is 1. The lowest BCUT2D eigenvalue weighted by Gasteiger charge is -2.37. The molecule has 1 aromatic carbocycles. The minimum atomic E-state index is -0.637. The zero-order valence-corrected chi connectivity index (χ0v) is 13.8. The summed E-state index contributed by atoms with van der Waals surface area (Å²) < 4.78 is 5.47. The van der Waals surface area contributed by atoms with Gasteiger partial charge in [0.2, 0.25) is 5.91 Å².